The van der Waals surface area contributed by atoms with Gasteiger partial charge in [-0.25, -0.2) is 9.78 Å². The molecule has 0 N–H and O–H groups in total. The van der Waals surface area contributed by atoms with Gasteiger partial charge in [-0.05, 0) is 0 Å². The van der Waals surface area contributed by atoms with Crippen LogP contribution < -0.4 is 4.84 Å². The number of aromatic nitrogens is 3. The van der Waals surface area contributed by atoms with Crippen LogP contribution in [0.3, 0.4) is 0 Å². The van der Waals surface area contributed by atoms with Gasteiger partial charge in [-0.15, -0.1) is 5.10 Å². The number of hydrogen-bond donors (Lipinski definition) is 0. The molecule has 0 atom stereocenters. The molecule has 5 nitrogen and oxygen atoms in total. The van der Waals surface area contributed by atoms with Gasteiger partial charge in [-0.3, -0.25) is 0 Å². The summed E-state index contributed by atoms with van der Waals surface area (Å²) < 4.78 is 0. The fourth-order valence-electron chi connectivity index (χ4n) is 0.376. The van der Waals surface area contributed by atoms with Crippen molar-refractivity contribution in [3.05, 3.63) is 12.7 Å². The Kier molecular flexibility index (Phi) is 1.44. The molecule has 0 aromatic carbocycles. The first-order chi connectivity index (χ1) is 4.29. The monoisotopic (exact) mass is 127 g/mol. The van der Waals surface area contributed by atoms with E-state index in [2.05, 4.69) is 14.9 Å². The molecule has 1 aromatic rings. The SMILES string of the molecule is CC(=O)On1cncn1. The van der Waals surface area contributed by atoms with Crippen molar-refractivity contribution in [1.82, 2.24) is 14.9 Å². The number of nitrogens with zero attached hydrogens (tertiary/aromatic N) is 3. The molecule has 0 saturated carbocycles. The van der Waals surface area contributed by atoms with E-state index in [1.807, 2.05) is 0 Å². The minimum atomic E-state index is -0.416. The minimum absolute atomic E-state index is 0.416. The van der Waals surface area contributed by atoms with Gasteiger partial charge < -0.3 is 4.84 Å². The van der Waals surface area contributed by atoms with E-state index in [9.17, 15) is 4.79 Å². The first kappa shape index (κ1) is 5.74. The Labute approximate surface area is 51.2 Å². The average molecular weight is 127 g/mol. The lowest BCUT2D eigenvalue weighted by atomic mass is 10.8. The van der Waals surface area contributed by atoms with Crippen LogP contribution in [0.15, 0.2) is 12.7 Å². The molecule has 9 heavy (non-hydrogen) atoms. The predicted octanol–water partition coefficient (Wildman–Crippen LogP) is -0.747. The molecule has 1 heterocycles. The molecule has 0 saturated heterocycles. The molecule has 0 bridgehead atoms. The third-order valence-electron chi connectivity index (χ3n) is 0.620. The van der Waals surface area contributed by atoms with Crippen molar-refractivity contribution in [2.75, 3.05) is 0 Å². The van der Waals surface area contributed by atoms with Crippen LogP contribution in [0.4, 0.5) is 0 Å². The van der Waals surface area contributed by atoms with Crippen LogP contribution in [-0.4, -0.2) is 20.9 Å². The van der Waals surface area contributed by atoms with Crippen LogP contribution in [0.5, 0.6) is 0 Å². The molecule has 0 spiro atoms. The molecular weight excluding hydrogens is 122 g/mol. The maximum atomic E-state index is 10.2. The van der Waals surface area contributed by atoms with Crippen molar-refractivity contribution >= 4 is 5.97 Å². The second kappa shape index (κ2) is 2.25. The summed E-state index contributed by atoms with van der Waals surface area (Å²) in [7, 11) is 0. The number of hydrogen-bond acceptors (Lipinski definition) is 4. The molecule has 0 aliphatic carbocycles. The summed E-state index contributed by atoms with van der Waals surface area (Å²) in [6.45, 7) is 1.29. The van der Waals surface area contributed by atoms with E-state index in [1.54, 1.807) is 0 Å². The molecule has 1 rings (SSSR count). The van der Waals surface area contributed by atoms with Gasteiger partial charge in [0.1, 0.15) is 6.33 Å². The van der Waals surface area contributed by atoms with E-state index in [1.165, 1.54) is 19.6 Å². The van der Waals surface area contributed by atoms with Gasteiger partial charge in [0.05, 0.1) is 0 Å². The van der Waals surface area contributed by atoms with Crippen LogP contribution in [-0.2, 0) is 4.79 Å². The van der Waals surface area contributed by atoms with Crippen molar-refractivity contribution in [1.29, 1.82) is 0 Å². The lowest BCUT2D eigenvalue weighted by Gasteiger charge is -1.93. The third-order valence-corrected chi connectivity index (χ3v) is 0.620. The molecular formula is C4H5N3O2. The molecule has 0 fully saturated rings. The van der Waals surface area contributed by atoms with Crippen LogP contribution in [0, 0.1) is 0 Å². The first-order valence-electron chi connectivity index (χ1n) is 2.32. The summed E-state index contributed by atoms with van der Waals surface area (Å²) in [5, 5.41) is 3.52. The molecule has 0 amide bonds. The summed E-state index contributed by atoms with van der Waals surface area (Å²) >= 11 is 0. The van der Waals surface area contributed by atoms with Crippen LogP contribution >= 0.6 is 0 Å². The predicted molar refractivity (Wildman–Crippen MR) is 27.3 cm³/mol. The maximum Gasteiger partial charge on any atom is 0.331 e. The molecule has 0 aliphatic heterocycles. The van der Waals surface area contributed by atoms with Gasteiger partial charge >= 0.3 is 5.97 Å². The Morgan fingerprint density at radius 3 is 3.00 bits per heavy atom. The Morgan fingerprint density at radius 2 is 2.56 bits per heavy atom. The first-order valence-corrected chi connectivity index (χ1v) is 2.32. The third kappa shape index (κ3) is 1.52. The van der Waals surface area contributed by atoms with Crippen LogP contribution in [0.1, 0.15) is 6.92 Å². The summed E-state index contributed by atoms with van der Waals surface area (Å²) in [4.78, 5) is 19.2. The number of carbonyl (C=O) groups excluding carboxylic acids is 1. The Bertz CT molecular complexity index is 194. The van der Waals surface area contributed by atoms with Gasteiger partial charge in [0, 0.05) is 6.92 Å². The lowest BCUT2D eigenvalue weighted by molar-refractivity contribution is -0.143. The standard InChI is InChI=1S/C4H5N3O2/c1-4(8)9-7-3-5-2-6-7/h2-3H,1H3. The molecule has 0 aliphatic rings. The zero-order chi connectivity index (χ0) is 6.69. The average Bonchev–Trinajstić information content (AvgIpc) is 2.15. The van der Waals surface area contributed by atoms with Gasteiger partial charge in [-0.2, -0.15) is 0 Å². The maximum absolute atomic E-state index is 10.2. The second-order valence-corrected chi connectivity index (χ2v) is 1.38. The highest BCUT2D eigenvalue weighted by atomic mass is 16.7. The summed E-state index contributed by atoms with van der Waals surface area (Å²) in [5.41, 5.74) is 0. The zero-order valence-corrected chi connectivity index (χ0v) is 4.81. The Hall–Kier alpha value is -1.39. The van der Waals surface area contributed by atoms with Gasteiger partial charge in [0.2, 0.25) is 0 Å². The van der Waals surface area contributed by atoms with Crippen molar-refractivity contribution in [3.8, 4) is 0 Å². The van der Waals surface area contributed by atoms with E-state index >= 15 is 0 Å². The van der Waals surface area contributed by atoms with Gasteiger partial charge in [0.15, 0.2) is 6.33 Å². The molecule has 0 radical (unpaired) electrons. The molecule has 5 heteroatoms. The minimum Gasteiger partial charge on any atom is -0.318 e. The lowest BCUT2D eigenvalue weighted by Crippen LogP contribution is -2.16. The summed E-state index contributed by atoms with van der Waals surface area (Å²) in [5.74, 6) is -0.416. The highest BCUT2D eigenvalue weighted by Crippen LogP contribution is 1.72. The molecule has 0 unspecified atom stereocenters. The van der Waals surface area contributed by atoms with E-state index in [0.717, 1.165) is 4.85 Å². The van der Waals surface area contributed by atoms with Gasteiger partial charge in [0.25, 0.3) is 0 Å². The smallest absolute Gasteiger partial charge is 0.318 e. The van der Waals surface area contributed by atoms with Crippen molar-refractivity contribution in [3.63, 3.8) is 0 Å². The zero-order valence-electron chi connectivity index (χ0n) is 4.81. The Morgan fingerprint density at radius 1 is 1.78 bits per heavy atom. The second-order valence-electron chi connectivity index (χ2n) is 1.38. The fourth-order valence-corrected chi connectivity index (χ4v) is 0.376. The van der Waals surface area contributed by atoms with Crippen LogP contribution in [0.25, 0.3) is 0 Å². The quantitative estimate of drug-likeness (QED) is 0.498. The normalized spacial score (nSPS) is 9.00. The molecule has 1 aromatic heterocycles. The topological polar surface area (TPSA) is 57.0 Å². The van der Waals surface area contributed by atoms with Crippen molar-refractivity contribution < 1.29 is 9.63 Å². The van der Waals surface area contributed by atoms with Crippen molar-refractivity contribution in [2.24, 2.45) is 0 Å². The van der Waals surface area contributed by atoms with E-state index < -0.39 is 5.97 Å². The van der Waals surface area contributed by atoms with Crippen molar-refractivity contribution in [2.45, 2.75) is 6.92 Å². The summed E-state index contributed by atoms with van der Waals surface area (Å²) in [6, 6.07) is 0. The highest BCUT2D eigenvalue weighted by molar-refractivity contribution is 5.66. The Balaban J connectivity index is 2.58. The number of carbonyl (C=O) groups is 1. The summed E-state index contributed by atoms with van der Waals surface area (Å²) in [6.07, 6.45) is 2.57. The van der Waals surface area contributed by atoms with Gasteiger partial charge in [-0.1, -0.05) is 4.85 Å². The molecule has 48 valence electrons. The fraction of sp³-hybridized carbons (Fsp3) is 0.250. The highest BCUT2D eigenvalue weighted by Gasteiger charge is 1.92. The van der Waals surface area contributed by atoms with Crippen LogP contribution in [0.2, 0.25) is 0 Å². The largest absolute Gasteiger partial charge is 0.331 e. The number of rotatable bonds is 1. The van der Waals surface area contributed by atoms with E-state index in [-0.39, 0.29) is 0 Å². The van der Waals surface area contributed by atoms with E-state index in [0.29, 0.717) is 0 Å². The van der Waals surface area contributed by atoms with E-state index in [4.69, 9.17) is 0 Å².